The zero-order chi connectivity index (χ0) is 17.9. The SMILES string of the molecule is CC(C)CCCCCCCCS(=O)CCCC(F)(F)C(C)(F)F. The Hall–Kier alpha value is -0.130. The molecule has 0 fully saturated rings. The minimum Gasteiger partial charge on any atom is -0.260 e. The van der Waals surface area contributed by atoms with Gasteiger partial charge in [-0.2, -0.15) is 8.78 Å². The van der Waals surface area contributed by atoms with Crippen molar-refractivity contribution in [2.75, 3.05) is 11.5 Å². The zero-order valence-corrected chi connectivity index (χ0v) is 15.5. The van der Waals surface area contributed by atoms with E-state index in [0.29, 0.717) is 5.75 Å². The summed E-state index contributed by atoms with van der Waals surface area (Å²) in [5.41, 5.74) is 0. The van der Waals surface area contributed by atoms with Gasteiger partial charge in [-0.3, -0.25) is 4.21 Å². The Kier molecular flexibility index (Phi) is 11.4. The molecule has 23 heavy (non-hydrogen) atoms. The van der Waals surface area contributed by atoms with Gasteiger partial charge in [0.15, 0.2) is 0 Å². The minimum atomic E-state index is -4.01. The third kappa shape index (κ3) is 12.0. The summed E-state index contributed by atoms with van der Waals surface area (Å²) in [6.07, 6.45) is 6.80. The van der Waals surface area contributed by atoms with Crippen LogP contribution in [0, 0.1) is 5.92 Å². The summed E-state index contributed by atoms with van der Waals surface area (Å²) in [5, 5.41) is 0. The molecule has 0 bridgehead atoms. The van der Waals surface area contributed by atoms with Crippen molar-refractivity contribution in [2.24, 2.45) is 5.92 Å². The van der Waals surface area contributed by atoms with Crippen molar-refractivity contribution in [3.63, 3.8) is 0 Å². The van der Waals surface area contributed by atoms with Crippen LogP contribution in [0.2, 0.25) is 0 Å². The first-order chi connectivity index (χ1) is 10.6. The molecule has 0 aliphatic rings. The summed E-state index contributed by atoms with van der Waals surface area (Å²) in [4.78, 5) is 0. The van der Waals surface area contributed by atoms with E-state index in [1.165, 1.54) is 25.7 Å². The second-order valence-corrected chi connectivity index (χ2v) is 8.54. The predicted molar refractivity (Wildman–Crippen MR) is 89.8 cm³/mol. The van der Waals surface area contributed by atoms with E-state index in [2.05, 4.69) is 13.8 Å². The largest absolute Gasteiger partial charge is 0.309 e. The number of unbranched alkanes of at least 4 members (excludes halogenated alkanes) is 5. The molecule has 0 amide bonds. The molecule has 1 atom stereocenters. The van der Waals surface area contributed by atoms with Crippen molar-refractivity contribution in [3.05, 3.63) is 0 Å². The van der Waals surface area contributed by atoms with E-state index in [9.17, 15) is 21.8 Å². The van der Waals surface area contributed by atoms with Crippen LogP contribution in [0.15, 0.2) is 0 Å². The van der Waals surface area contributed by atoms with Gasteiger partial charge in [0, 0.05) is 35.6 Å². The van der Waals surface area contributed by atoms with Crippen LogP contribution in [-0.4, -0.2) is 27.6 Å². The van der Waals surface area contributed by atoms with Crippen molar-refractivity contribution >= 4 is 10.8 Å². The predicted octanol–water partition coefficient (Wildman–Crippen LogP) is 6.19. The van der Waals surface area contributed by atoms with E-state index in [0.717, 1.165) is 25.2 Å². The van der Waals surface area contributed by atoms with E-state index < -0.39 is 29.1 Å². The lowest BCUT2D eigenvalue weighted by molar-refractivity contribution is -0.200. The lowest BCUT2D eigenvalue weighted by Crippen LogP contribution is -2.37. The molecule has 0 saturated carbocycles. The average Bonchev–Trinajstić information content (AvgIpc) is 2.40. The fourth-order valence-electron chi connectivity index (χ4n) is 2.30. The summed E-state index contributed by atoms with van der Waals surface area (Å²) >= 11 is 0. The quantitative estimate of drug-likeness (QED) is 0.266. The van der Waals surface area contributed by atoms with Crippen molar-refractivity contribution < 1.29 is 21.8 Å². The second-order valence-electron chi connectivity index (χ2n) is 6.85. The highest BCUT2D eigenvalue weighted by atomic mass is 32.2. The van der Waals surface area contributed by atoms with E-state index >= 15 is 0 Å². The molecule has 0 N–H and O–H groups in total. The van der Waals surface area contributed by atoms with Gasteiger partial charge in [-0.15, -0.1) is 0 Å². The first kappa shape index (κ1) is 22.9. The Morgan fingerprint density at radius 1 is 0.826 bits per heavy atom. The molecule has 0 heterocycles. The van der Waals surface area contributed by atoms with E-state index in [1.54, 1.807) is 0 Å². The molecule has 0 aliphatic heterocycles. The van der Waals surface area contributed by atoms with Crippen LogP contribution in [-0.2, 0) is 10.8 Å². The summed E-state index contributed by atoms with van der Waals surface area (Å²) in [6, 6.07) is 0. The van der Waals surface area contributed by atoms with E-state index in [-0.39, 0.29) is 19.1 Å². The Bertz CT molecular complexity index is 327. The molecule has 1 nitrogen and oxygen atoms in total. The van der Waals surface area contributed by atoms with Gasteiger partial charge in [0.2, 0.25) is 0 Å². The monoisotopic (exact) mass is 360 g/mol. The van der Waals surface area contributed by atoms with Crippen LogP contribution >= 0.6 is 0 Å². The van der Waals surface area contributed by atoms with Gasteiger partial charge in [0.1, 0.15) is 0 Å². The van der Waals surface area contributed by atoms with Crippen molar-refractivity contribution in [3.8, 4) is 0 Å². The molecule has 6 heteroatoms. The highest BCUT2D eigenvalue weighted by Gasteiger charge is 2.51. The van der Waals surface area contributed by atoms with Crippen molar-refractivity contribution in [2.45, 2.75) is 90.4 Å². The van der Waals surface area contributed by atoms with Gasteiger partial charge in [0.25, 0.3) is 0 Å². The Morgan fingerprint density at radius 3 is 1.83 bits per heavy atom. The van der Waals surface area contributed by atoms with Crippen LogP contribution in [0.3, 0.4) is 0 Å². The molecule has 0 aliphatic carbocycles. The molecule has 140 valence electrons. The third-order valence-electron chi connectivity index (χ3n) is 3.91. The number of hydrogen-bond acceptors (Lipinski definition) is 1. The van der Waals surface area contributed by atoms with Crippen LogP contribution < -0.4 is 0 Å². The van der Waals surface area contributed by atoms with Crippen LogP contribution in [0.25, 0.3) is 0 Å². The molecular weight excluding hydrogens is 328 g/mol. The Morgan fingerprint density at radius 2 is 1.30 bits per heavy atom. The van der Waals surface area contributed by atoms with Gasteiger partial charge in [-0.1, -0.05) is 52.4 Å². The first-order valence-corrected chi connectivity index (χ1v) is 10.2. The van der Waals surface area contributed by atoms with E-state index in [4.69, 9.17) is 0 Å². The molecule has 0 rings (SSSR count). The number of rotatable bonds is 14. The lowest BCUT2D eigenvalue weighted by Gasteiger charge is -2.22. The maximum Gasteiger partial charge on any atom is 0.309 e. The van der Waals surface area contributed by atoms with Gasteiger partial charge in [0.05, 0.1) is 0 Å². The molecule has 0 aromatic heterocycles. The number of hydrogen-bond donors (Lipinski definition) is 0. The molecule has 0 spiro atoms. The molecular formula is C17H32F4OS. The summed E-state index contributed by atoms with van der Waals surface area (Å²) < 4.78 is 63.0. The topological polar surface area (TPSA) is 17.1 Å². The van der Waals surface area contributed by atoms with Gasteiger partial charge in [-0.25, -0.2) is 8.78 Å². The summed E-state index contributed by atoms with van der Waals surface area (Å²) in [7, 11) is -1.17. The Labute approximate surface area is 141 Å². The zero-order valence-electron chi connectivity index (χ0n) is 14.7. The number of halogens is 4. The second kappa shape index (κ2) is 11.4. The molecule has 0 aromatic carbocycles. The maximum absolute atomic E-state index is 13.0. The molecule has 1 unspecified atom stereocenters. The standard InChI is InChI=1S/C17H32F4OS/c1-15(2)11-8-6-4-5-7-9-13-23(22)14-10-12-17(20,21)16(3,18)19/h15H,4-14H2,1-3H3. The first-order valence-electron chi connectivity index (χ1n) is 8.67. The Balaban J connectivity index is 3.55. The van der Waals surface area contributed by atoms with Gasteiger partial charge >= 0.3 is 11.8 Å². The lowest BCUT2D eigenvalue weighted by atomic mass is 10.0. The van der Waals surface area contributed by atoms with Crippen LogP contribution in [0.1, 0.15) is 78.6 Å². The highest BCUT2D eigenvalue weighted by molar-refractivity contribution is 7.84. The number of alkyl halides is 4. The van der Waals surface area contributed by atoms with E-state index in [1.807, 2.05) is 0 Å². The highest BCUT2D eigenvalue weighted by Crippen LogP contribution is 2.37. The smallest absolute Gasteiger partial charge is 0.260 e. The van der Waals surface area contributed by atoms with Crippen LogP contribution in [0.4, 0.5) is 17.6 Å². The third-order valence-corrected chi connectivity index (χ3v) is 5.40. The molecule has 0 radical (unpaired) electrons. The fourth-order valence-corrected chi connectivity index (χ4v) is 3.50. The average molecular weight is 361 g/mol. The normalized spacial score (nSPS) is 14.4. The fraction of sp³-hybridized carbons (Fsp3) is 1.00. The minimum absolute atomic E-state index is 0.0834. The van der Waals surface area contributed by atoms with Crippen molar-refractivity contribution in [1.29, 1.82) is 0 Å². The van der Waals surface area contributed by atoms with Gasteiger partial charge < -0.3 is 0 Å². The summed E-state index contributed by atoms with van der Waals surface area (Å²) in [6.45, 7) is 4.66. The van der Waals surface area contributed by atoms with Gasteiger partial charge in [-0.05, 0) is 18.8 Å². The molecule has 0 aromatic rings. The van der Waals surface area contributed by atoms with Crippen LogP contribution in [0.5, 0.6) is 0 Å². The maximum atomic E-state index is 13.0. The summed E-state index contributed by atoms with van der Waals surface area (Å²) in [5.74, 6) is -6.70. The van der Waals surface area contributed by atoms with Crippen molar-refractivity contribution in [1.82, 2.24) is 0 Å². The molecule has 0 saturated heterocycles.